The number of nitrogens with zero attached hydrogens (tertiary/aromatic N) is 1. The van der Waals surface area contributed by atoms with E-state index in [1.807, 2.05) is 37.3 Å². The lowest BCUT2D eigenvalue weighted by Gasteiger charge is -2.16. The summed E-state index contributed by atoms with van der Waals surface area (Å²) >= 11 is 0. The van der Waals surface area contributed by atoms with E-state index >= 15 is 0 Å². The summed E-state index contributed by atoms with van der Waals surface area (Å²) in [6.07, 6.45) is 3.98. The van der Waals surface area contributed by atoms with Crippen LogP contribution in [-0.4, -0.2) is 43.7 Å². The van der Waals surface area contributed by atoms with E-state index in [0.717, 1.165) is 30.0 Å². The van der Waals surface area contributed by atoms with Crippen LogP contribution in [0.4, 0.5) is 0 Å². The molecule has 1 atom stereocenters. The second-order valence-electron chi connectivity index (χ2n) is 7.67. The molecule has 0 aliphatic carbocycles. The summed E-state index contributed by atoms with van der Waals surface area (Å²) in [4.78, 5) is 13.5. The van der Waals surface area contributed by atoms with Crippen molar-refractivity contribution in [1.29, 1.82) is 0 Å². The third-order valence-corrected chi connectivity index (χ3v) is 5.37. The van der Waals surface area contributed by atoms with Crippen molar-refractivity contribution in [3.05, 3.63) is 59.7 Å². The van der Waals surface area contributed by atoms with E-state index in [-0.39, 0.29) is 11.8 Å². The maximum Gasteiger partial charge on any atom is 0.220 e. The predicted octanol–water partition coefficient (Wildman–Crippen LogP) is 3.44. The Morgan fingerprint density at radius 3 is 2.62 bits per heavy atom. The zero-order chi connectivity index (χ0) is 20.5. The smallest absolute Gasteiger partial charge is 0.220 e. The lowest BCUT2D eigenvalue weighted by Crippen LogP contribution is -2.25. The Morgan fingerprint density at radius 2 is 1.90 bits per heavy atom. The number of carbonyl (C=O) groups is 1. The highest BCUT2D eigenvalue weighted by molar-refractivity contribution is 5.76. The zero-order valence-corrected chi connectivity index (χ0v) is 17.2. The molecule has 1 unspecified atom stereocenters. The molecule has 3 rings (SSSR count). The molecule has 1 radical (unpaired) electrons. The average Bonchev–Trinajstić information content (AvgIpc) is 3.24. The Morgan fingerprint density at radius 1 is 1.14 bits per heavy atom. The highest BCUT2D eigenvalue weighted by Gasteiger charge is 2.12. The first-order valence-electron chi connectivity index (χ1n) is 10.5. The van der Waals surface area contributed by atoms with Gasteiger partial charge in [0.15, 0.2) is 0 Å². The molecular formula is C24H31N2O3. The van der Waals surface area contributed by atoms with Crippen molar-refractivity contribution in [2.45, 2.75) is 32.6 Å². The third-order valence-electron chi connectivity index (χ3n) is 5.37. The molecule has 1 heterocycles. The molecule has 155 valence electrons. The lowest BCUT2D eigenvalue weighted by molar-refractivity contribution is -0.121. The van der Waals surface area contributed by atoms with Gasteiger partial charge in [0.2, 0.25) is 5.91 Å². The van der Waals surface area contributed by atoms with Gasteiger partial charge in [-0.15, -0.1) is 0 Å². The second kappa shape index (κ2) is 10.9. The van der Waals surface area contributed by atoms with Crippen molar-refractivity contribution in [2.24, 2.45) is 11.7 Å². The number of hydrogen-bond donors (Lipinski definition) is 1. The van der Waals surface area contributed by atoms with Crippen LogP contribution in [0.25, 0.3) is 0 Å². The van der Waals surface area contributed by atoms with Gasteiger partial charge < -0.3 is 15.2 Å². The topological polar surface area (TPSA) is 64.8 Å². The fourth-order valence-electron chi connectivity index (χ4n) is 3.42. The Hall–Kier alpha value is -2.53. The second-order valence-corrected chi connectivity index (χ2v) is 7.67. The predicted molar refractivity (Wildman–Crippen MR) is 114 cm³/mol. The maximum absolute atomic E-state index is 11.1. The van der Waals surface area contributed by atoms with Crippen LogP contribution in [0.5, 0.6) is 11.5 Å². The largest absolute Gasteiger partial charge is 0.494 e. The van der Waals surface area contributed by atoms with Crippen molar-refractivity contribution in [3.63, 3.8) is 0 Å². The zero-order valence-electron chi connectivity index (χ0n) is 17.2. The van der Waals surface area contributed by atoms with Crippen LogP contribution >= 0.6 is 0 Å². The molecule has 2 N–H and O–H groups in total. The first-order chi connectivity index (χ1) is 14.1. The van der Waals surface area contributed by atoms with Crippen molar-refractivity contribution < 1.29 is 14.3 Å². The SMILES string of the molecule is CC(CCOc1ccc(Cc2[c]cccc2OCCN2CCCC2)cc1)C(N)=O. The lowest BCUT2D eigenvalue weighted by atomic mass is 10.0. The Kier molecular flexibility index (Phi) is 7.94. The molecule has 0 spiro atoms. The molecule has 1 fully saturated rings. The number of carbonyl (C=O) groups excluding carboxylic acids is 1. The number of benzene rings is 2. The van der Waals surface area contributed by atoms with Crippen LogP contribution in [0.1, 0.15) is 37.3 Å². The average molecular weight is 396 g/mol. The van der Waals surface area contributed by atoms with E-state index < -0.39 is 0 Å². The Labute approximate surface area is 173 Å². The molecule has 5 heteroatoms. The molecule has 1 amide bonds. The van der Waals surface area contributed by atoms with E-state index in [9.17, 15) is 4.79 Å². The summed E-state index contributed by atoms with van der Waals surface area (Å²) in [5.74, 6) is 1.24. The van der Waals surface area contributed by atoms with Gasteiger partial charge in [-0.25, -0.2) is 0 Å². The first kappa shape index (κ1) is 21.2. The van der Waals surface area contributed by atoms with E-state index in [0.29, 0.717) is 19.6 Å². The van der Waals surface area contributed by atoms with Crippen LogP contribution in [0.2, 0.25) is 0 Å². The summed E-state index contributed by atoms with van der Waals surface area (Å²) in [7, 11) is 0. The molecule has 2 aromatic rings. The van der Waals surface area contributed by atoms with Crippen LogP contribution in [0, 0.1) is 12.0 Å². The first-order valence-corrected chi connectivity index (χ1v) is 10.5. The van der Waals surface area contributed by atoms with Crippen LogP contribution < -0.4 is 15.2 Å². The molecular weight excluding hydrogens is 364 g/mol. The fraction of sp³-hybridized carbons (Fsp3) is 0.458. The number of hydrogen-bond acceptors (Lipinski definition) is 4. The summed E-state index contributed by atoms with van der Waals surface area (Å²) in [5, 5.41) is 0. The van der Waals surface area contributed by atoms with Gasteiger partial charge >= 0.3 is 0 Å². The maximum atomic E-state index is 11.1. The van der Waals surface area contributed by atoms with Gasteiger partial charge in [0.25, 0.3) is 0 Å². The number of primary amides is 1. The minimum Gasteiger partial charge on any atom is -0.494 e. The number of ether oxygens (including phenoxy) is 2. The molecule has 2 aromatic carbocycles. The van der Waals surface area contributed by atoms with Gasteiger partial charge in [0.1, 0.15) is 18.1 Å². The molecule has 29 heavy (non-hydrogen) atoms. The van der Waals surface area contributed by atoms with Gasteiger partial charge in [-0.2, -0.15) is 0 Å². The highest BCUT2D eigenvalue weighted by atomic mass is 16.5. The number of nitrogens with two attached hydrogens (primary N) is 1. The van der Waals surface area contributed by atoms with Gasteiger partial charge in [-0.3, -0.25) is 9.69 Å². The van der Waals surface area contributed by atoms with Crippen LogP contribution in [-0.2, 0) is 11.2 Å². The van der Waals surface area contributed by atoms with Gasteiger partial charge in [-0.1, -0.05) is 31.2 Å². The highest BCUT2D eigenvalue weighted by Crippen LogP contribution is 2.23. The molecule has 5 nitrogen and oxygen atoms in total. The van der Waals surface area contributed by atoms with Crippen molar-refractivity contribution >= 4 is 5.91 Å². The Balaban J connectivity index is 1.49. The summed E-state index contributed by atoms with van der Waals surface area (Å²) in [6, 6.07) is 17.3. The quantitative estimate of drug-likeness (QED) is 0.633. The molecule has 0 saturated carbocycles. The fourth-order valence-corrected chi connectivity index (χ4v) is 3.42. The molecule has 0 aromatic heterocycles. The summed E-state index contributed by atoms with van der Waals surface area (Å²) in [5.41, 5.74) is 7.52. The molecule has 1 aliphatic heterocycles. The summed E-state index contributed by atoms with van der Waals surface area (Å²) < 4.78 is 11.8. The summed E-state index contributed by atoms with van der Waals surface area (Å²) in [6.45, 7) is 6.36. The van der Waals surface area contributed by atoms with Gasteiger partial charge in [-0.05, 0) is 62.2 Å². The van der Waals surface area contributed by atoms with Gasteiger partial charge in [0.05, 0.1) is 6.61 Å². The minimum atomic E-state index is -0.290. The number of rotatable bonds is 11. The molecule has 1 saturated heterocycles. The number of likely N-dealkylation sites (tertiary alicyclic amines) is 1. The molecule has 0 bridgehead atoms. The van der Waals surface area contributed by atoms with Gasteiger partial charge in [0, 0.05) is 24.4 Å². The minimum absolute atomic E-state index is 0.174. The standard InChI is InChI=1S/C24H31N2O3/c1-19(24(25)27)12-16-28-22-10-8-20(9-11-22)18-21-6-2-3-7-23(21)29-17-15-26-13-4-5-14-26/h2-3,7-11,19H,4-5,12-18H2,1H3,(H2,25,27). The normalized spacial score (nSPS) is 15.2. The third kappa shape index (κ3) is 6.79. The van der Waals surface area contributed by atoms with Crippen LogP contribution in [0.3, 0.4) is 0 Å². The Bertz CT molecular complexity index is 770. The number of amides is 1. The van der Waals surface area contributed by atoms with Crippen molar-refractivity contribution in [2.75, 3.05) is 32.8 Å². The van der Waals surface area contributed by atoms with Crippen LogP contribution in [0.15, 0.2) is 42.5 Å². The van der Waals surface area contributed by atoms with Crippen molar-refractivity contribution in [3.8, 4) is 11.5 Å². The monoisotopic (exact) mass is 395 g/mol. The van der Waals surface area contributed by atoms with Crippen molar-refractivity contribution in [1.82, 2.24) is 4.90 Å². The van der Waals surface area contributed by atoms with E-state index in [1.54, 1.807) is 0 Å². The van der Waals surface area contributed by atoms with E-state index in [4.69, 9.17) is 15.2 Å². The van der Waals surface area contributed by atoms with E-state index in [1.165, 1.54) is 31.5 Å². The van der Waals surface area contributed by atoms with E-state index in [2.05, 4.69) is 23.1 Å². The molecule has 1 aliphatic rings.